The molecule has 49 heavy (non-hydrogen) atoms. The Morgan fingerprint density at radius 2 is 0.408 bits per heavy atom. The predicted octanol–water partition coefficient (Wildman–Crippen LogP) is 13.2. The van der Waals surface area contributed by atoms with Crippen LogP contribution in [0.2, 0.25) is 0 Å². The lowest BCUT2D eigenvalue weighted by atomic mass is 10.2. The topological polar surface area (TPSA) is 55.4 Å². The second kappa shape index (κ2) is 15.2. The van der Waals surface area contributed by atoms with Gasteiger partial charge in [-0.25, -0.2) is 0 Å². The summed E-state index contributed by atoms with van der Waals surface area (Å²) >= 11 is 3.62. The van der Waals surface area contributed by atoms with Gasteiger partial charge >= 0.3 is 0 Å². The number of halogens is 1. The second-order valence-electron chi connectivity index (χ2n) is 10.8. The summed E-state index contributed by atoms with van der Waals surface area (Å²) in [5.74, 6) is 7.09. The Labute approximate surface area is 292 Å². The maximum atomic E-state index is 6.38. The average molecular weight is 710 g/mol. The number of rotatable bonds is 12. The Hall–Kier alpha value is -6.18. The number of para-hydroxylation sites is 4. The van der Waals surface area contributed by atoms with E-state index in [9.17, 15) is 0 Å². The molecule has 0 saturated carbocycles. The Bertz CT molecular complexity index is 1850. The minimum atomic E-state index is 0.514. The molecule has 0 N–H and O–H groups in total. The van der Waals surface area contributed by atoms with E-state index in [1.807, 2.05) is 170 Å². The average Bonchev–Trinajstić information content (AvgIpc) is 3.10. The highest BCUT2D eigenvalue weighted by Gasteiger charge is 2.12. The lowest BCUT2D eigenvalue weighted by molar-refractivity contribution is 0.431. The molecule has 0 aromatic heterocycles. The fourth-order valence-corrected chi connectivity index (χ4v) is 5.32. The van der Waals surface area contributed by atoms with Crippen LogP contribution in [0, 0.1) is 0 Å². The van der Waals surface area contributed by atoms with E-state index < -0.39 is 0 Å². The molecule has 0 fully saturated rings. The van der Waals surface area contributed by atoms with Crippen LogP contribution in [0.5, 0.6) is 69.0 Å². The molecule has 7 aromatic rings. The fraction of sp³-hybridized carbons (Fsp3) is 0. The third kappa shape index (κ3) is 9.00. The summed E-state index contributed by atoms with van der Waals surface area (Å²) in [6, 6.07) is 54.6. The van der Waals surface area contributed by atoms with Crippen molar-refractivity contribution in [3.8, 4) is 69.0 Å². The van der Waals surface area contributed by atoms with E-state index in [1.165, 1.54) is 0 Å². The highest BCUT2D eigenvalue weighted by molar-refractivity contribution is 9.10. The van der Waals surface area contributed by atoms with Crippen LogP contribution in [0.1, 0.15) is 0 Å². The van der Waals surface area contributed by atoms with Crippen molar-refractivity contribution in [3.05, 3.63) is 180 Å². The molecule has 0 aliphatic rings. The molecule has 0 heterocycles. The van der Waals surface area contributed by atoms with Crippen molar-refractivity contribution in [2.24, 2.45) is 0 Å². The maximum absolute atomic E-state index is 6.38. The quantitative estimate of drug-likeness (QED) is 0.126. The normalized spacial score (nSPS) is 10.6. The first-order valence-electron chi connectivity index (χ1n) is 15.5. The minimum Gasteiger partial charge on any atom is -0.457 e. The molecule has 0 atom stereocenters. The molecule has 0 unspecified atom stereocenters. The Kier molecular flexibility index (Phi) is 9.71. The van der Waals surface area contributed by atoms with Crippen molar-refractivity contribution in [2.45, 2.75) is 0 Å². The molecule has 6 nitrogen and oxygen atoms in total. The number of hydrogen-bond acceptors (Lipinski definition) is 6. The first-order chi connectivity index (χ1) is 24.1. The molecule has 0 bridgehead atoms. The standard InChI is InChI=1S/C42H29BrO6/c43-30-21-35(48-41-26-37(44-31-13-5-1-6-14-31)24-38(27-41)45-32-15-7-2-8-16-32)23-36(22-30)49-42-28-39(46-33-17-9-3-10-18-33)25-40(29-42)47-34-19-11-4-12-20-34/h1-29H. The Morgan fingerprint density at radius 1 is 0.224 bits per heavy atom. The molecule has 240 valence electrons. The van der Waals surface area contributed by atoms with Gasteiger partial charge in [0.2, 0.25) is 0 Å². The van der Waals surface area contributed by atoms with Crippen LogP contribution in [-0.2, 0) is 0 Å². The summed E-state index contributed by atoms with van der Waals surface area (Å²) < 4.78 is 38.1. The molecule has 0 aliphatic heterocycles. The van der Waals surface area contributed by atoms with Crippen LogP contribution in [0.3, 0.4) is 0 Å². The molecule has 0 spiro atoms. The van der Waals surface area contributed by atoms with Crippen molar-refractivity contribution in [3.63, 3.8) is 0 Å². The van der Waals surface area contributed by atoms with E-state index in [1.54, 1.807) is 6.07 Å². The van der Waals surface area contributed by atoms with Crippen LogP contribution in [0.25, 0.3) is 0 Å². The molecule has 7 heteroatoms. The first kappa shape index (κ1) is 31.4. The van der Waals surface area contributed by atoms with Crippen molar-refractivity contribution in [1.29, 1.82) is 0 Å². The van der Waals surface area contributed by atoms with Gasteiger partial charge in [-0.3, -0.25) is 0 Å². The third-order valence-electron chi connectivity index (χ3n) is 6.94. The summed E-state index contributed by atoms with van der Waals surface area (Å²) in [6.45, 7) is 0. The van der Waals surface area contributed by atoms with Crippen molar-refractivity contribution in [1.82, 2.24) is 0 Å². The molecule has 7 rings (SSSR count). The van der Waals surface area contributed by atoms with Gasteiger partial charge in [-0.2, -0.15) is 0 Å². The van der Waals surface area contributed by atoms with Crippen molar-refractivity contribution >= 4 is 15.9 Å². The lowest BCUT2D eigenvalue weighted by Crippen LogP contribution is -1.93. The Morgan fingerprint density at radius 3 is 0.633 bits per heavy atom. The molecule has 0 radical (unpaired) electrons. The molecule has 7 aromatic carbocycles. The van der Waals surface area contributed by atoms with Gasteiger partial charge in [0.15, 0.2) is 0 Å². The third-order valence-corrected chi connectivity index (χ3v) is 7.40. The molecular weight excluding hydrogens is 680 g/mol. The van der Waals surface area contributed by atoms with Gasteiger partial charge in [0.05, 0.1) is 0 Å². The van der Waals surface area contributed by atoms with Crippen LogP contribution in [-0.4, -0.2) is 0 Å². The molecule has 0 aliphatic carbocycles. The molecule has 0 saturated heterocycles. The monoisotopic (exact) mass is 708 g/mol. The van der Waals surface area contributed by atoms with Gasteiger partial charge in [0.25, 0.3) is 0 Å². The summed E-state index contributed by atoms with van der Waals surface area (Å²) in [5.41, 5.74) is 0. The van der Waals surface area contributed by atoms with Gasteiger partial charge in [-0.1, -0.05) is 88.7 Å². The summed E-state index contributed by atoms with van der Waals surface area (Å²) in [6.07, 6.45) is 0. The zero-order valence-electron chi connectivity index (χ0n) is 26.1. The summed E-state index contributed by atoms with van der Waals surface area (Å²) in [5, 5.41) is 0. The lowest BCUT2D eigenvalue weighted by Gasteiger charge is -2.15. The van der Waals surface area contributed by atoms with Crippen LogP contribution < -0.4 is 28.4 Å². The number of ether oxygens (including phenoxy) is 6. The van der Waals surface area contributed by atoms with Crippen molar-refractivity contribution < 1.29 is 28.4 Å². The maximum Gasteiger partial charge on any atom is 0.134 e. The van der Waals surface area contributed by atoms with Gasteiger partial charge < -0.3 is 28.4 Å². The number of benzene rings is 7. The van der Waals surface area contributed by atoms with E-state index in [4.69, 9.17) is 28.4 Å². The predicted molar refractivity (Wildman–Crippen MR) is 193 cm³/mol. The van der Waals surface area contributed by atoms with E-state index in [2.05, 4.69) is 15.9 Å². The Balaban J connectivity index is 1.17. The summed E-state index contributed by atoms with van der Waals surface area (Å²) in [4.78, 5) is 0. The van der Waals surface area contributed by atoms with Crippen LogP contribution in [0.4, 0.5) is 0 Å². The van der Waals surface area contributed by atoms with Crippen LogP contribution >= 0.6 is 15.9 Å². The van der Waals surface area contributed by atoms with Crippen molar-refractivity contribution in [2.75, 3.05) is 0 Å². The van der Waals surface area contributed by atoms with E-state index in [-0.39, 0.29) is 0 Å². The van der Waals surface area contributed by atoms with E-state index >= 15 is 0 Å². The van der Waals surface area contributed by atoms with E-state index in [0.717, 1.165) is 4.47 Å². The van der Waals surface area contributed by atoms with Gasteiger partial charge in [0, 0.05) is 46.9 Å². The van der Waals surface area contributed by atoms with Gasteiger partial charge in [0.1, 0.15) is 69.0 Å². The largest absolute Gasteiger partial charge is 0.457 e. The molecular formula is C42H29BrO6. The highest BCUT2D eigenvalue weighted by Crippen LogP contribution is 2.39. The number of hydrogen-bond donors (Lipinski definition) is 0. The smallest absolute Gasteiger partial charge is 0.134 e. The van der Waals surface area contributed by atoms with Gasteiger partial charge in [-0.15, -0.1) is 0 Å². The van der Waals surface area contributed by atoms with Crippen LogP contribution in [0.15, 0.2) is 180 Å². The first-order valence-corrected chi connectivity index (χ1v) is 16.3. The fourth-order valence-electron chi connectivity index (χ4n) is 4.87. The zero-order valence-corrected chi connectivity index (χ0v) is 27.7. The SMILES string of the molecule is Brc1cc(Oc2cc(Oc3ccccc3)cc(Oc3ccccc3)c2)cc(Oc2cc(Oc3ccccc3)cc(Oc3ccccc3)c2)c1. The zero-order chi connectivity index (χ0) is 33.3. The molecule has 0 amide bonds. The van der Waals surface area contributed by atoms with E-state index in [0.29, 0.717) is 69.0 Å². The second-order valence-corrected chi connectivity index (χ2v) is 11.7. The minimum absolute atomic E-state index is 0.514. The summed E-state index contributed by atoms with van der Waals surface area (Å²) in [7, 11) is 0. The van der Waals surface area contributed by atoms with Gasteiger partial charge in [-0.05, 0) is 60.7 Å². The highest BCUT2D eigenvalue weighted by atomic mass is 79.9.